The average molecular weight is 404 g/mol. The number of hydrogen-bond acceptors (Lipinski definition) is 4. The molecule has 1 saturated carbocycles. The fourth-order valence-electron chi connectivity index (χ4n) is 3.89. The lowest BCUT2D eigenvalue weighted by Crippen LogP contribution is -2.30. The summed E-state index contributed by atoms with van der Waals surface area (Å²) in [5.41, 5.74) is 4.13. The van der Waals surface area contributed by atoms with Crippen molar-refractivity contribution in [2.24, 2.45) is 0 Å². The molecule has 0 atom stereocenters. The highest BCUT2D eigenvalue weighted by Crippen LogP contribution is 2.43. The lowest BCUT2D eigenvalue weighted by Gasteiger charge is -2.30. The Balaban J connectivity index is 1.76. The van der Waals surface area contributed by atoms with Gasteiger partial charge in [0.05, 0.1) is 30.5 Å². The number of nitrogens with one attached hydrogen (secondary N) is 2. The molecule has 30 heavy (non-hydrogen) atoms. The van der Waals surface area contributed by atoms with Crippen LogP contribution in [0.2, 0.25) is 0 Å². The summed E-state index contributed by atoms with van der Waals surface area (Å²) in [5.74, 6) is 0.769. The van der Waals surface area contributed by atoms with Gasteiger partial charge in [-0.05, 0) is 49.1 Å². The number of hydrogen-bond donors (Lipinski definition) is 3. The fraction of sp³-hybridized carbons (Fsp3) is 0.304. The molecule has 0 radical (unpaired) electrons. The second-order valence-corrected chi connectivity index (χ2v) is 7.36. The first kappa shape index (κ1) is 19.8. The van der Waals surface area contributed by atoms with Crippen molar-refractivity contribution < 1.29 is 14.6 Å². The lowest BCUT2D eigenvalue weighted by atomic mass is 9.92. The Morgan fingerprint density at radius 3 is 2.63 bits per heavy atom. The van der Waals surface area contributed by atoms with Crippen molar-refractivity contribution in [2.45, 2.75) is 25.3 Å². The van der Waals surface area contributed by atoms with E-state index in [4.69, 9.17) is 9.84 Å². The summed E-state index contributed by atoms with van der Waals surface area (Å²) in [7, 11) is 1.65. The molecule has 1 heterocycles. The van der Waals surface area contributed by atoms with Gasteiger partial charge in [-0.3, -0.25) is 0 Å². The summed E-state index contributed by atoms with van der Waals surface area (Å²) >= 11 is 0. The summed E-state index contributed by atoms with van der Waals surface area (Å²) in [6.07, 6.45) is 3.36. The van der Waals surface area contributed by atoms with Gasteiger partial charge in [0, 0.05) is 29.7 Å². The van der Waals surface area contributed by atoms with Gasteiger partial charge in [-0.2, -0.15) is 5.26 Å². The van der Waals surface area contributed by atoms with E-state index < -0.39 is 0 Å². The van der Waals surface area contributed by atoms with Crippen molar-refractivity contribution in [2.75, 3.05) is 25.6 Å². The molecule has 0 spiro atoms. The largest absolute Gasteiger partial charge is 0.497 e. The minimum atomic E-state index is -0.370. The molecule has 7 heteroatoms. The minimum Gasteiger partial charge on any atom is -0.497 e. The summed E-state index contributed by atoms with van der Waals surface area (Å²) < 4.78 is 7.69. The third kappa shape index (κ3) is 3.58. The molecule has 0 saturated heterocycles. The number of aromatic nitrogens is 1. The first-order valence-electron chi connectivity index (χ1n) is 10.0. The third-order valence-corrected chi connectivity index (χ3v) is 5.58. The van der Waals surface area contributed by atoms with Crippen LogP contribution in [0.5, 0.6) is 5.75 Å². The minimum absolute atomic E-state index is 0.111. The molecule has 1 aromatic heterocycles. The van der Waals surface area contributed by atoms with E-state index in [9.17, 15) is 10.1 Å². The van der Waals surface area contributed by atoms with Gasteiger partial charge in [0.2, 0.25) is 0 Å². The SMILES string of the molecule is COc1ccc2c(C#N)c(-c3ccc(NC(=O)NCCO)cc3)n(C3CCC3)c2c1. The van der Waals surface area contributed by atoms with Crippen LogP contribution in [0, 0.1) is 11.3 Å². The number of benzene rings is 2. The van der Waals surface area contributed by atoms with Crippen LogP contribution in [0.25, 0.3) is 22.2 Å². The number of aliphatic hydroxyl groups is 1. The van der Waals surface area contributed by atoms with Crippen molar-refractivity contribution in [3.05, 3.63) is 48.0 Å². The number of aliphatic hydroxyl groups excluding tert-OH is 1. The van der Waals surface area contributed by atoms with Gasteiger partial charge in [-0.1, -0.05) is 12.1 Å². The van der Waals surface area contributed by atoms with Crippen molar-refractivity contribution in [1.82, 2.24) is 9.88 Å². The van der Waals surface area contributed by atoms with E-state index in [0.29, 0.717) is 17.3 Å². The topological polar surface area (TPSA) is 99.3 Å². The van der Waals surface area contributed by atoms with Crippen molar-refractivity contribution in [1.29, 1.82) is 5.26 Å². The number of ether oxygens (including phenoxy) is 1. The predicted molar refractivity (Wildman–Crippen MR) is 116 cm³/mol. The Bertz CT molecular complexity index is 1110. The molecule has 1 aliphatic carbocycles. The number of nitrogens with zero attached hydrogens (tertiary/aromatic N) is 2. The zero-order chi connectivity index (χ0) is 21.1. The van der Waals surface area contributed by atoms with Gasteiger partial charge < -0.3 is 25.0 Å². The molecule has 0 unspecified atom stereocenters. The Labute approximate surface area is 174 Å². The maximum absolute atomic E-state index is 11.8. The van der Waals surface area contributed by atoms with Gasteiger partial charge in [0.15, 0.2) is 0 Å². The maximum atomic E-state index is 11.8. The van der Waals surface area contributed by atoms with E-state index >= 15 is 0 Å². The summed E-state index contributed by atoms with van der Waals surface area (Å²) in [6.45, 7) is 0.0835. The zero-order valence-electron chi connectivity index (χ0n) is 16.8. The van der Waals surface area contributed by atoms with Gasteiger partial charge in [0.1, 0.15) is 11.8 Å². The molecule has 0 aliphatic heterocycles. The van der Waals surface area contributed by atoms with Crippen LogP contribution in [0.1, 0.15) is 30.9 Å². The molecular weight excluding hydrogens is 380 g/mol. The highest BCUT2D eigenvalue weighted by atomic mass is 16.5. The third-order valence-electron chi connectivity index (χ3n) is 5.58. The Morgan fingerprint density at radius 1 is 1.27 bits per heavy atom. The summed E-state index contributed by atoms with van der Waals surface area (Å²) in [6, 6.07) is 15.7. The second-order valence-electron chi connectivity index (χ2n) is 7.36. The van der Waals surface area contributed by atoms with Crippen LogP contribution in [0.4, 0.5) is 10.5 Å². The van der Waals surface area contributed by atoms with E-state index in [-0.39, 0.29) is 19.2 Å². The number of fused-ring (bicyclic) bond motifs is 1. The number of amides is 2. The molecule has 154 valence electrons. The second kappa shape index (κ2) is 8.47. The van der Waals surface area contributed by atoms with Gasteiger partial charge in [-0.15, -0.1) is 0 Å². The van der Waals surface area contributed by atoms with Crippen LogP contribution in [0.15, 0.2) is 42.5 Å². The van der Waals surface area contributed by atoms with Gasteiger partial charge in [-0.25, -0.2) is 4.79 Å². The highest BCUT2D eigenvalue weighted by Gasteiger charge is 2.27. The maximum Gasteiger partial charge on any atom is 0.319 e. The van der Waals surface area contributed by atoms with Gasteiger partial charge in [0.25, 0.3) is 0 Å². The molecule has 7 nitrogen and oxygen atoms in total. The van der Waals surface area contributed by atoms with Crippen molar-refractivity contribution in [3.63, 3.8) is 0 Å². The highest BCUT2D eigenvalue weighted by molar-refractivity contribution is 5.96. The number of urea groups is 1. The summed E-state index contributed by atoms with van der Waals surface area (Å²) in [4.78, 5) is 11.8. The number of rotatable bonds is 6. The van der Waals surface area contributed by atoms with Crippen LogP contribution < -0.4 is 15.4 Å². The zero-order valence-corrected chi connectivity index (χ0v) is 16.8. The van der Waals surface area contributed by atoms with Crippen molar-refractivity contribution in [3.8, 4) is 23.1 Å². The van der Waals surface area contributed by atoms with Gasteiger partial charge >= 0.3 is 6.03 Å². The number of methoxy groups -OCH3 is 1. The van der Waals surface area contributed by atoms with E-state index in [2.05, 4.69) is 21.3 Å². The monoisotopic (exact) mass is 404 g/mol. The summed E-state index contributed by atoms with van der Waals surface area (Å²) in [5, 5.41) is 25.0. The van der Waals surface area contributed by atoms with Crippen LogP contribution >= 0.6 is 0 Å². The number of carbonyl (C=O) groups is 1. The lowest BCUT2D eigenvalue weighted by molar-refractivity contribution is 0.245. The standard InChI is InChI=1S/C23H24N4O3/c1-30-18-9-10-19-20(14-24)22(27(21(19)13-18)17-3-2-4-17)15-5-7-16(8-6-15)26-23(29)25-11-12-28/h5-10,13,17,28H,2-4,11-12H2,1H3,(H2,25,26,29). The number of anilines is 1. The van der Waals surface area contributed by atoms with Crippen LogP contribution in [-0.2, 0) is 0 Å². The molecule has 1 fully saturated rings. The number of nitriles is 1. The molecule has 3 aromatic rings. The Morgan fingerprint density at radius 2 is 2.03 bits per heavy atom. The molecule has 1 aliphatic rings. The number of carbonyl (C=O) groups excluding carboxylic acids is 1. The molecule has 4 rings (SSSR count). The molecule has 0 bridgehead atoms. The molecule has 2 amide bonds. The van der Waals surface area contributed by atoms with Crippen molar-refractivity contribution >= 4 is 22.6 Å². The van der Waals surface area contributed by atoms with E-state index in [1.54, 1.807) is 7.11 Å². The predicted octanol–water partition coefficient (Wildman–Crippen LogP) is 4.03. The van der Waals surface area contributed by atoms with Crippen LogP contribution in [-0.4, -0.2) is 36.0 Å². The Kier molecular flexibility index (Phi) is 5.59. The molecular formula is C23H24N4O3. The smallest absolute Gasteiger partial charge is 0.319 e. The first-order valence-corrected chi connectivity index (χ1v) is 10.0. The quantitative estimate of drug-likeness (QED) is 0.578. The van der Waals surface area contributed by atoms with E-state index in [1.165, 1.54) is 6.42 Å². The molecule has 3 N–H and O–H groups in total. The molecule has 2 aromatic carbocycles. The first-order chi connectivity index (χ1) is 14.7. The van der Waals surface area contributed by atoms with E-state index in [0.717, 1.165) is 40.8 Å². The Hall–Kier alpha value is -3.50. The normalized spacial score (nSPS) is 13.5. The average Bonchev–Trinajstić information content (AvgIpc) is 3.04. The van der Waals surface area contributed by atoms with E-state index in [1.807, 2.05) is 42.5 Å². The van der Waals surface area contributed by atoms with Crippen LogP contribution in [0.3, 0.4) is 0 Å². The fourth-order valence-corrected chi connectivity index (χ4v) is 3.89.